The van der Waals surface area contributed by atoms with Crippen molar-refractivity contribution in [2.45, 2.75) is 51.9 Å². The van der Waals surface area contributed by atoms with E-state index in [0.29, 0.717) is 11.8 Å². The van der Waals surface area contributed by atoms with Crippen LogP contribution in [0.5, 0.6) is 0 Å². The molecule has 1 saturated carbocycles. The standard InChI is InChI=1S/C14H25NO3/c1-10(2)11-5-7-14(9-15,8-6-11)12(16)13(17-3)18-4/h10-13,16H,5-8H2,1-4H3. The molecule has 0 aromatic heterocycles. The Balaban J connectivity index is 2.74. The van der Waals surface area contributed by atoms with E-state index in [4.69, 9.17) is 9.47 Å². The van der Waals surface area contributed by atoms with Gasteiger partial charge in [0.15, 0.2) is 6.29 Å². The molecule has 0 aliphatic heterocycles. The third-order valence-corrected chi connectivity index (χ3v) is 4.38. The first-order valence-electron chi connectivity index (χ1n) is 6.65. The van der Waals surface area contributed by atoms with Gasteiger partial charge in [-0.2, -0.15) is 5.26 Å². The van der Waals surface area contributed by atoms with Gasteiger partial charge in [0.05, 0.1) is 11.5 Å². The van der Waals surface area contributed by atoms with Crippen LogP contribution in [0.4, 0.5) is 0 Å². The predicted octanol–water partition coefficient (Wildman–Crippen LogP) is 2.32. The molecule has 18 heavy (non-hydrogen) atoms. The van der Waals surface area contributed by atoms with Crippen molar-refractivity contribution in [1.29, 1.82) is 5.26 Å². The summed E-state index contributed by atoms with van der Waals surface area (Å²) in [4.78, 5) is 0. The van der Waals surface area contributed by atoms with Crippen LogP contribution in [0.1, 0.15) is 39.5 Å². The highest BCUT2D eigenvalue weighted by molar-refractivity contribution is 5.07. The van der Waals surface area contributed by atoms with Gasteiger partial charge in [-0.15, -0.1) is 0 Å². The number of methoxy groups -OCH3 is 2. The van der Waals surface area contributed by atoms with E-state index in [0.717, 1.165) is 25.7 Å². The molecule has 0 bridgehead atoms. The lowest BCUT2D eigenvalue weighted by molar-refractivity contribution is -0.195. The average Bonchev–Trinajstić information content (AvgIpc) is 2.40. The summed E-state index contributed by atoms with van der Waals surface area (Å²) >= 11 is 0. The molecule has 1 unspecified atom stereocenters. The first kappa shape index (κ1) is 15.4. The number of nitrogens with zero attached hydrogens (tertiary/aromatic N) is 1. The Morgan fingerprint density at radius 2 is 1.72 bits per heavy atom. The Morgan fingerprint density at radius 3 is 2.06 bits per heavy atom. The van der Waals surface area contributed by atoms with E-state index in [2.05, 4.69) is 19.9 Å². The van der Waals surface area contributed by atoms with Crippen molar-refractivity contribution in [1.82, 2.24) is 0 Å². The number of aliphatic hydroxyl groups excluding tert-OH is 1. The zero-order chi connectivity index (χ0) is 13.8. The van der Waals surface area contributed by atoms with Gasteiger partial charge >= 0.3 is 0 Å². The molecule has 1 rings (SSSR count). The lowest BCUT2D eigenvalue weighted by atomic mass is 9.66. The molecule has 4 heteroatoms. The van der Waals surface area contributed by atoms with Crippen LogP contribution in [0.25, 0.3) is 0 Å². The van der Waals surface area contributed by atoms with Gasteiger partial charge in [0.2, 0.25) is 0 Å². The van der Waals surface area contributed by atoms with E-state index in [9.17, 15) is 10.4 Å². The number of hydrogen-bond acceptors (Lipinski definition) is 4. The number of aliphatic hydroxyl groups is 1. The Bertz CT molecular complexity index is 286. The quantitative estimate of drug-likeness (QED) is 0.766. The highest BCUT2D eigenvalue weighted by atomic mass is 16.7. The third-order valence-electron chi connectivity index (χ3n) is 4.38. The SMILES string of the molecule is COC(OC)C(O)C1(C#N)CCC(C(C)C)CC1. The molecular formula is C14H25NO3. The van der Waals surface area contributed by atoms with Crippen molar-refractivity contribution < 1.29 is 14.6 Å². The fourth-order valence-corrected chi connectivity index (χ4v) is 2.91. The Kier molecular flexibility index (Phi) is 5.58. The third kappa shape index (κ3) is 3.03. The maximum Gasteiger partial charge on any atom is 0.184 e. The zero-order valence-corrected chi connectivity index (χ0v) is 11.8. The van der Waals surface area contributed by atoms with Crippen molar-refractivity contribution in [3.8, 4) is 6.07 Å². The molecule has 1 fully saturated rings. The fraction of sp³-hybridized carbons (Fsp3) is 0.929. The van der Waals surface area contributed by atoms with Gasteiger partial charge in [-0.25, -0.2) is 0 Å². The molecule has 0 saturated heterocycles. The molecule has 0 spiro atoms. The van der Waals surface area contributed by atoms with Crippen molar-refractivity contribution in [3.63, 3.8) is 0 Å². The van der Waals surface area contributed by atoms with Crippen molar-refractivity contribution in [2.24, 2.45) is 17.3 Å². The van der Waals surface area contributed by atoms with Crippen LogP contribution in [0.3, 0.4) is 0 Å². The lowest BCUT2D eigenvalue weighted by Crippen LogP contribution is -2.46. The van der Waals surface area contributed by atoms with Crippen LogP contribution in [0.2, 0.25) is 0 Å². The number of nitriles is 1. The molecule has 0 amide bonds. The maximum absolute atomic E-state index is 10.3. The largest absolute Gasteiger partial charge is 0.386 e. The molecule has 1 atom stereocenters. The maximum atomic E-state index is 10.3. The van der Waals surface area contributed by atoms with E-state index in [-0.39, 0.29) is 0 Å². The first-order chi connectivity index (χ1) is 8.50. The van der Waals surface area contributed by atoms with Crippen molar-refractivity contribution >= 4 is 0 Å². The van der Waals surface area contributed by atoms with E-state index < -0.39 is 17.8 Å². The molecule has 4 nitrogen and oxygen atoms in total. The predicted molar refractivity (Wildman–Crippen MR) is 68.7 cm³/mol. The number of hydrogen-bond donors (Lipinski definition) is 1. The fourth-order valence-electron chi connectivity index (χ4n) is 2.91. The molecule has 1 N–H and O–H groups in total. The molecule has 0 aromatic rings. The second-order valence-electron chi connectivity index (χ2n) is 5.63. The van der Waals surface area contributed by atoms with Crippen molar-refractivity contribution in [3.05, 3.63) is 0 Å². The van der Waals surface area contributed by atoms with E-state index in [1.807, 2.05) is 0 Å². The van der Waals surface area contributed by atoms with Crippen LogP contribution in [-0.4, -0.2) is 31.7 Å². The van der Waals surface area contributed by atoms with Crippen molar-refractivity contribution in [2.75, 3.05) is 14.2 Å². The summed E-state index contributed by atoms with van der Waals surface area (Å²) in [6.45, 7) is 4.43. The molecule has 1 aliphatic carbocycles. The van der Waals surface area contributed by atoms with E-state index in [1.165, 1.54) is 14.2 Å². The Labute approximate surface area is 110 Å². The summed E-state index contributed by atoms with van der Waals surface area (Å²) < 4.78 is 10.2. The van der Waals surface area contributed by atoms with Gasteiger partial charge in [0.25, 0.3) is 0 Å². The first-order valence-corrected chi connectivity index (χ1v) is 6.65. The van der Waals surface area contributed by atoms with Gasteiger partial charge in [0, 0.05) is 14.2 Å². The van der Waals surface area contributed by atoms with Gasteiger partial charge < -0.3 is 14.6 Å². The van der Waals surface area contributed by atoms with E-state index >= 15 is 0 Å². The van der Waals surface area contributed by atoms with Gasteiger partial charge in [-0.05, 0) is 37.5 Å². The normalized spacial score (nSPS) is 30.4. The Morgan fingerprint density at radius 1 is 1.22 bits per heavy atom. The Hall–Kier alpha value is -0.630. The number of ether oxygens (including phenoxy) is 2. The molecule has 104 valence electrons. The second kappa shape index (κ2) is 6.51. The summed E-state index contributed by atoms with van der Waals surface area (Å²) in [5, 5.41) is 19.8. The minimum atomic E-state index is -0.884. The topological polar surface area (TPSA) is 62.5 Å². The molecular weight excluding hydrogens is 230 g/mol. The number of rotatable bonds is 5. The smallest absolute Gasteiger partial charge is 0.184 e. The molecule has 0 radical (unpaired) electrons. The van der Waals surface area contributed by atoms with Gasteiger partial charge in [-0.3, -0.25) is 0 Å². The summed E-state index contributed by atoms with van der Waals surface area (Å²) in [6.07, 6.45) is 1.81. The highest BCUT2D eigenvalue weighted by Crippen LogP contribution is 2.44. The summed E-state index contributed by atoms with van der Waals surface area (Å²) in [5.41, 5.74) is -0.720. The molecule has 0 heterocycles. The van der Waals surface area contributed by atoms with Gasteiger partial charge in [-0.1, -0.05) is 13.8 Å². The molecule has 0 aromatic carbocycles. The second-order valence-corrected chi connectivity index (χ2v) is 5.63. The highest BCUT2D eigenvalue weighted by Gasteiger charge is 2.45. The average molecular weight is 255 g/mol. The summed E-state index contributed by atoms with van der Waals surface area (Å²) in [6, 6.07) is 2.32. The summed E-state index contributed by atoms with van der Waals surface area (Å²) in [7, 11) is 2.98. The van der Waals surface area contributed by atoms with Crippen LogP contribution in [0, 0.1) is 28.6 Å². The van der Waals surface area contributed by atoms with Crippen LogP contribution < -0.4 is 0 Å². The molecule has 1 aliphatic rings. The van der Waals surface area contributed by atoms with Gasteiger partial charge in [0.1, 0.15) is 6.10 Å². The van der Waals surface area contributed by atoms with Crippen LogP contribution >= 0.6 is 0 Å². The summed E-state index contributed by atoms with van der Waals surface area (Å²) in [5.74, 6) is 1.29. The minimum absolute atomic E-state index is 0.638. The minimum Gasteiger partial charge on any atom is -0.386 e. The van der Waals surface area contributed by atoms with Crippen LogP contribution in [0.15, 0.2) is 0 Å². The van der Waals surface area contributed by atoms with Crippen LogP contribution in [-0.2, 0) is 9.47 Å². The van der Waals surface area contributed by atoms with E-state index in [1.54, 1.807) is 0 Å². The monoisotopic (exact) mass is 255 g/mol. The zero-order valence-electron chi connectivity index (χ0n) is 11.8. The lowest BCUT2D eigenvalue weighted by Gasteiger charge is -2.41.